The molecule has 2 spiro atoms. The smallest absolute Gasteiger partial charge is 0.258 e. The van der Waals surface area contributed by atoms with Gasteiger partial charge in [0.15, 0.2) is 0 Å². The van der Waals surface area contributed by atoms with Crippen molar-refractivity contribution in [2.24, 2.45) is 5.10 Å². The van der Waals surface area contributed by atoms with Gasteiger partial charge >= 0.3 is 17.1 Å². The third-order valence-corrected chi connectivity index (χ3v) is 26.9. The van der Waals surface area contributed by atoms with Gasteiger partial charge in [-0.1, -0.05) is 0 Å². The van der Waals surface area contributed by atoms with Gasteiger partial charge in [0.1, 0.15) is 5.54 Å². The number of nitro groups is 1. The molecule has 7 aliphatic rings. The molecule has 10 radical (unpaired) electrons. The first-order chi connectivity index (χ1) is 40.7. The van der Waals surface area contributed by atoms with E-state index in [4.69, 9.17) is 5.10 Å². The van der Waals surface area contributed by atoms with Gasteiger partial charge in [-0.25, -0.2) is 5.01 Å². The van der Waals surface area contributed by atoms with Crippen LogP contribution in [0.15, 0.2) is 29.4 Å². The van der Waals surface area contributed by atoms with Gasteiger partial charge < -0.3 is 0 Å². The summed E-state index contributed by atoms with van der Waals surface area (Å²) < 4.78 is 0. The summed E-state index contributed by atoms with van der Waals surface area (Å²) in [5.74, 6) is 1.19. The number of nitro benzene ring substituents is 1. The zero-order valence-electron chi connectivity index (χ0n) is 42.0. The van der Waals surface area contributed by atoms with Crippen molar-refractivity contribution < 1.29 is 22.0 Å². The molecule has 83 heavy (non-hydrogen) atoms. The van der Waals surface area contributed by atoms with E-state index in [0.29, 0.717) is 0 Å². The average molecular weight is 1070 g/mol. The predicted octanol–water partition coefficient (Wildman–Crippen LogP) is 19.5. The van der Waals surface area contributed by atoms with Gasteiger partial charge in [0.25, 0.3) is 5.69 Å². The van der Waals surface area contributed by atoms with Crippen LogP contribution in [0.2, 0.25) is 0 Å². The number of hydrogen-bond acceptors (Lipinski definition) is 4. The van der Waals surface area contributed by atoms with Crippen molar-refractivity contribution in [2.45, 2.75) is 11.0 Å². The van der Waals surface area contributed by atoms with E-state index in [1.165, 1.54) is 92.8 Å². The van der Waals surface area contributed by atoms with E-state index < -0.39 is 11.0 Å². The average Bonchev–Trinajstić information content (AvgIpc) is 1.38. The molecule has 36 rings (SSSR count). The van der Waals surface area contributed by atoms with E-state index >= 15 is 0 Å². The van der Waals surface area contributed by atoms with Crippen LogP contribution in [0.5, 0.6) is 0 Å². The van der Waals surface area contributed by atoms with Crippen molar-refractivity contribution in [3.05, 3.63) is 120 Å². The van der Waals surface area contributed by atoms with Crippen LogP contribution in [0.3, 0.4) is 0 Å². The Labute approximate surface area is 468 Å². The number of hydrazone groups is 1. The number of non-ortho nitro benzene ring substituents is 1. The molecule has 2 fully saturated rings. The second-order valence-electron chi connectivity index (χ2n) is 27.9. The van der Waals surface area contributed by atoms with Crippen LogP contribution >= 0.6 is 0 Å². The Kier molecular flexibility index (Phi) is 3.68. The molecule has 1 aliphatic heterocycles. The van der Waals surface area contributed by atoms with Crippen molar-refractivity contribution in [3.63, 3.8) is 0 Å². The first kappa shape index (κ1) is 35.2. The molecule has 5 nitrogen and oxygen atoms in total. The van der Waals surface area contributed by atoms with Gasteiger partial charge in [0.2, 0.25) is 0 Å². The fourth-order valence-electron chi connectivity index (χ4n) is 26.3. The summed E-state index contributed by atoms with van der Waals surface area (Å²) in [5, 5.41) is 106. The Morgan fingerprint density at radius 1 is 0.301 bits per heavy atom. The van der Waals surface area contributed by atoms with Crippen LogP contribution in [0.1, 0.15) is 22.3 Å². The molecule has 1 heterocycles. The van der Waals surface area contributed by atoms with E-state index in [1.807, 2.05) is 32.1 Å². The second-order valence-corrected chi connectivity index (χ2v) is 27.9. The van der Waals surface area contributed by atoms with E-state index in [1.54, 1.807) is 238 Å². The van der Waals surface area contributed by atoms with E-state index in [0.717, 1.165) is 11.4 Å². The van der Waals surface area contributed by atoms with Gasteiger partial charge in [0, 0.05) is 29.2 Å². The first-order valence-electron chi connectivity index (χ1n) is 29.5. The van der Waals surface area contributed by atoms with Crippen molar-refractivity contribution in [1.82, 2.24) is 0 Å². The van der Waals surface area contributed by atoms with Crippen molar-refractivity contribution in [1.29, 1.82) is 0 Å². The molecule has 2 saturated carbocycles. The Balaban J connectivity index is 0.000000622. The zero-order chi connectivity index (χ0) is 49.8. The maximum atomic E-state index is 12.6. The van der Waals surface area contributed by atoms with Crippen LogP contribution < -0.4 is 5.01 Å². The van der Waals surface area contributed by atoms with Crippen LogP contribution in [-0.4, -0.2) is 10.6 Å². The Morgan fingerprint density at radius 3 is 0.747 bits per heavy atom. The van der Waals surface area contributed by atoms with Crippen molar-refractivity contribution >= 4 is 308 Å². The van der Waals surface area contributed by atoms with Gasteiger partial charge in [-0.15, -0.1) is 0 Å². The van der Waals surface area contributed by atoms with Crippen LogP contribution in [0.25, 0.3) is 291 Å². The van der Waals surface area contributed by atoms with Crippen LogP contribution in [0.4, 0.5) is 11.4 Å². The summed E-state index contributed by atoms with van der Waals surface area (Å²) >= 11 is 0. The first-order valence-corrected chi connectivity index (χ1v) is 29.5. The van der Waals surface area contributed by atoms with E-state index in [9.17, 15) is 10.1 Å². The number of rotatable bonds is 3. The minimum absolute atomic E-state index is 0. The maximum Gasteiger partial charge on any atom is 2.00 e. The molecule has 354 valence electrons. The monoisotopic (exact) mass is 1070 g/mol. The van der Waals surface area contributed by atoms with Crippen LogP contribution in [0, 0.1) is 73.8 Å². The summed E-state index contributed by atoms with van der Waals surface area (Å²) in [6.45, 7) is 0. The summed E-state index contributed by atoms with van der Waals surface area (Å²) in [6, 6.07) is 7.61. The summed E-state index contributed by atoms with van der Waals surface area (Å²) in [4.78, 5) is 12.4. The van der Waals surface area contributed by atoms with Gasteiger partial charge in [0.05, 0.1) is 21.7 Å². The largest absolute Gasteiger partial charge is 2.00 e. The molecule has 29 aromatic carbocycles. The Bertz CT molecular complexity index is 7680. The summed E-state index contributed by atoms with van der Waals surface area (Å²) in [6.07, 6.45) is 19.2. The molecule has 29 aromatic rings. The number of anilines is 1. The topological polar surface area (TPSA) is 58.7 Å². The van der Waals surface area contributed by atoms with Crippen molar-refractivity contribution in [2.75, 3.05) is 5.01 Å². The molecule has 0 atom stereocenters. The summed E-state index contributed by atoms with van der Waals surface area (Å²) in [7, 11) is 0. The Morgan fingerprint density at radius 2 is 0.518 bits per heavy atom. The number of hydrogen-bond donors (Lipinski definition) is 0. The molecule has 0 bridgehead atoms. The third kappa shape index (κ3) is 2.15. The molecule has 0 amide bonds. The number of benzene rings is 19. The minimum atomic E-state index is -0.846. The van der Waals surface area contributed by atoms with E-state index in [2.05, 4.69) is 42.8 Å². The Hall–Kier alpha value is -8.93. The van der Waals surface area contributed by atoms with Gasteiger partial charge in [-0.05, 0) is 372 Å². The zero-order valence-corrected chi connectivity index (χ0v) is 43.1. The summed E-state index contributed by atoms with van der Waals surface area (Å²) in [5.41, 5.74) is 6.60. The molecule has 0 N–H and O–H groups in total. The molecule has 0 unspecified atom stereocenters. The number of nitrogens with zero attached hydrogens (tertiary/aromatic N) is 3. The van der Waals surface area contributed by atoms with Gasteiger partial charge in [-0.2, -0.15) is 5.10 Å². The molecule has 6 aliphatic carbocycles. The molecular weight excluding hydrogens is 1050 g/mol. The fraction of sp³-hybridized carbons (Fsp3) is 0.0260. The minimum Gasteiger partial charge on any atom is -0.258 e. The molecule has 0 aromatic heterocycles. The van der Waals surface area contributed by atoms with Crippen LogP contribution in [-0.2, 0) is 28.0 Å². The SMILES string of the molecule is O=[N+]([O-])c1ccc(N2N=C([C]3[CH][CH][CH][CH]3)C34c5c6c7c8c9c%10c(c%11c%12c3c3c5c5c%13c6c6c7c7c9c9c%14c%10c%10c%11c%11c%12c%12c3c3c5c5c%13c%13c6c6c7c9c7c9c%14c%10c%10c%11c%11c%12c3c3c5c5c%13c6c7c6c9c%10c%11c3c56)C824)cc1.[CH]1[CH][CH][CH][CH]1.[Fe+2]. The standard InChI is InChI=1S/C72H8N3O2.C5H5.Fe/c76-75(77)11-7-5-10(6-8-11)74-72-68-62-56-46-34-26-18-14-12-13-16-20(18)28(34)38-32-24(16)25-17(13)21-19-15(12)23-22(14)30-36(26)44-50-40(30)41-31(23)37-27(19)35-29(21)39-33(25)43-42(32)54(48(38)56)64(68)65-55(43)49(39)57-47(35)53-45(37)51(41)59-58(50)66(60(62)52(44)46)71(72,67(59)61(53)63(57)69(65)72)70(73-74)9-3-1-2-4-9;1-2-4-5-3-1;/h1-8H;1-5H;/q;;+2. The quantitative estimate of drug-likeness (QED) is 0.0767. The van der Waals surface area contributed by atoms with Crippen molar-refractivity contribution in [3.8, 4) is 0 Å². The molecule has 0 saturated heterocycles. The fourth-order valence-corrected chi connectivity index (χ4v) is 26.3. The third-order valence-electron chi connectivity index (χ3n) is 26.9. The molecular formula is C77H13FeN3O2+2. The molecule has 6 heteroatoms. The second kappa shape index (κ2) is 8.68. The normalized spacial score (nSPS) is 22.6. The van der Waals surface area contributed by atoms with E-state index in [-0.39, 0.29) is 27.7 Å². The predicted molar refractivity (Wildman–Crippen MR) is 339 cm³/mol. The maximum absolute atomic E-state index is 12.6. The van der Waals surface area contributed by atoms with Gasteiger partial charge in [-0.3, -0.25) is 10.1 Å².